The van der Waals surface area contributed by atoms with Gasteiger partial charge in [0.05, 0.1) is 34.8 Å². The van der Waals surface area contributed by atoms with E-state index in [9.17, 15) is 4.79 Å². The average Bonchev–Trinajstić information content (AvgIpc) is 3.28. The number of thiophene rings is 1. The molecule has 0 atom stereocenters. The number of methoxy groups -OCH3 is 1. The smallest absolute Gasteiger partial charge is 0.337 e. The first-order chi connectivity index (χ1) is 13.1. The Morgan fingerprint density at radius 1 is 1.19 bits per heavy atom. The van der Waals surface area contributed by atoms with Crippen molar-refractivity contribution in [1.82, 2.24) is 19.6 Å². The molecule has 1 saturated heterocycles. The third-order valence-electron chi connectivity index (χ3n) is 4.87. The Kier molecular flexibility index (Phi) is 5.58. The summed E-state index contributed by atoms with van der Waals surface area (Å²) in [7, 11) is 1.40. The van der Waals surface area contributed by atoms with Gasteiger partial charge in [-0.25, -0.2) is 4.79 Å². The second-order valence-electron chi connectivity index (χ2n) is 6.65. The third-order valence-corrected chi connectivity index (χ3v) is 6.48. The Morgan fingerprint density at radius 2 is 1.96 bits per heavy atom. The van der Waals surface area contributed by atoms with Gasteiger partial charge < -0.3 is 4.74 Å². The number of esters is 1. The number of hydrogen-bond donors (Lipinski definition) is 0. The van der Waals surface area contributed by atoms with Gasteiger partial charge in [0.2, 0.25) is 0 Å². The largest absolute Gasteiger partial charge is 0.465 e. The zero-order valence-electron chi connectivity index (χ0n) is 15.1. The molecule has 0 bridgehead atoms. The number of aromatic nitrogens is 2. The number of halogens is 1. The van der Waals surface area contributed by atoms with Gasteiger partial charge in [-0.1, -0.05) is 0 Å². The van der Waals surface area contributed by atoms with E-state index in [-0.39, 0.29) is 5.97 Å². The van der Waals surface area contributed by atoms with Crippen LogP contribution in [0.3, 0.4) is 0 Å². The van der Waals surface area contributed by atoms with Gasteiger partial charge in [0.15, 0.2) is 0 Å². The molecule has 0 amide bonds. The van der Waals surface area contributed by atoms with Crippen LogP contribution in [0, 0.1) is 0 Å². The number of carbonyl (C=O) groups excluding carboxylic acids is 1. The fourth-order valence-electron chi connectivity index (χ4n) is 3.38. The number of hydrogen-bond acceptors (Lipinski definition) is 6. The van der Waals surface area contributed by atoms with E-state index in [1.54, 1.807) is 17.4 Å². The van der Waals surface area contributed by atoms with Crippen molar-refractivity contribution in [2.45, 2.75) is 13.2 Å². The molecule has 0 spiro atoms. The minimum atomic E-state index is -0.321. The van der Waals surface area contributed by atoms with E-state index in [2.05, 4.69) is 43.0 Å². The van der Waals surface area contributed by atoms with Crippen molar-refractivity contribution in [3.05, 3.63) is 50.8 Å². The number of ether oxygens (including phenoxy) is 1. The SMILES string of the molecule is COC(=O)c1ccc2c(cnn2CN2CCN(Cc3ccc(Br)s3)CC2)c1. The lowest BCUT2D eigenvalue weighted by molar-refractivity contribution is 0.0601. The summed E-state index contributed by atoms with van der Waals surface area (Å²) >= 11 is 5.34. The molecule has 2 aromatic heterocycles. The van der Waals surface area contributed by atoms with Crippen LogP contribution in [0.4, 0.5) is 0 Å². The molecule has 4 rings (SSSR count). The van der Waals surface area contributed by atoms with Crippen molar-refractivity contribution >= 4 is 44.1 Å². The van der Waals surface area contributed by atoms with Crippen LogP contribution in [-0.2, 0) is 18.0 Å². The van der Waals surface area contributed by atoms with Crippen LogP contribution in [0.5, 0.6) is 0 Å². The molecule has 0 N–H and O–H groups in total. The summed E-state index contributed by atoms with van der Waals surface area (Å²) in [6.07, 6.45) is 1.81. The van der Waals surface area contributed by atoms with Crippen molar-refractivity contribution in [3.8, 4) is 0 Å². The minimum Gasteiger partial charge on any atom is -0.465 e. The maximum atomic E-state index is 11.7. The van der Waals surface area contributed by atoms with E-state index in [1.165, 1.54) is 15.8 Å². The van der Waals surface area contributed by atoms with Crippen molar-refractivity contribution in [3.63, 3.8) is 0 Å². The lowest BCUT2D eigenvalue weighted by Gasteiger charge is -2.34. The number of rotatable bonds is 5. The zero-order valence-corrected chi connectivity index (χ0v) is 17.5. The van der Waals surface area contributed by atoms with Crippen LogP contribution in [-0.4, -0.2) is 58.8 Å². The van der Waals surface area contributed by atoms with Gasteiger partial charge in [0.1, 0.15) is 0 Å². The fraction of sp³-hybridized carbons (Fsp3) is 0.368. The summed E-state index contributed by atoms with van der Waals surface area (Å²) in [5, 5.41) is 5.47. The van der Waals surface area contributed by atoms with Gasteiger partial charge in [-0.2, -0.15) is 5.10 Å². The summed E-state index contributed by atoms with van der Waals surface area (Å²) in [6, 6.07) is 9.88. The van der Waals surface area contributed by atoms with E-state index in [4.69, 9.17) is 4.74 Å². The molecule has 142 valence electrons. The van der Waals surface area contributed by atoms with Crippen LogP contribution >= 0.6 is 27.3 Å². The molecule has 0 radical (unpaired) electrons. The number of benzene rings is 1. The van der Waals surface area contributed by atoms with Crippen LogP contribution in [0.25, 0.3) is 10.9 Å². The zero-order chi connectivity index (χ0) is 18.8. The summed E-state index contributed by atoms with van der Waals surface area (Å²) in [5.41, 5.74) is 1.59. The van der Waals surface area contributed by atoms with Crippen LogP contribution in [0.1, 0.15) is 15.2 Å². The second kappa shape index (κ2) is 8.10. The van der Waals surface area contributed by atoms with Crippen LogP contribution < -0.4 is 0 Å². The molecule has 6 nitrogen and oxygen atoms in total. The summed E-state index contributed by atoms with van der Waals surface area (Å²) in [6.45, 7) is 5.94. The Morgan fingerprint density at radius 3 is 2.67 bits per heavy atom. The summed E-state index contributed by atoms with van der Waals surface area (Å²) < 4.78 is 7.98. The molecule has 3 heterocycles. The quantitative estimate of drug-likeness (QED) is 0.559. The minimum absolute atomic E-state index is 0.321. The van der Waals surface area contributed by atoms with Gasteiger partial charge in [0, 0.05) is 43.0 Å². The van der Waals surface area contributed by atoms with E-state index in [0.29, 0.717) is 5.56 Å². The highest BCUT2D eigenvalue weighted by Gasteiger charge is 2.19. The van der Waals surface area contributed by atoms with Gasteiger partial charge in [-0.15, -0.1) is 11.3 Å². The molecule has 0 aliphatic carbocycles. The highest BCUT2D eigenvalue weighted by Crippen LogP contribution is 2.24. The first kappa shape index (κ1) is 18.6. The average molecular weight is 449 g/mol. The lowest BCUT2D eigenvalue weighted by Crippen LogP contribution is -2.46. The standard InChI is InChI=1S/C19H21BrN4O2S/c1-26-19(25)14-2-4-17-15(10-14)11-21-24(17)13-23-8-6-22(7-9-23)12-16-3-5-18(20)27-16/h2-5,10-11H,6-9,12-13H2,1H3. The molecule has 0 unspecified atom stereocenters. The Bertz CT molecular complexity index is 946. The highest BCUT2D eigenvalue weighted by molar-refractivity contribution is 9.11. The predicted molar refractivity (Wildman–Crippen MR) is 110 cm³/mol. The molecule has 1 aromatic carbocycles. The van der Waals surface area contributed by atoms with Gasteiger partial charge in [-0.05, 0) is 46.3 Å². The Balaban J connectivity index is 1.36. The summed E-state index contributed by atoms with van der Waals surface area (Å²) in [4.78, 5) is 18.0. The molecule has 3 aromatic rings. The molecule has 1 aliphatic rings. The predicted octanol–water partition coefficient (Wildman–Crippen LogP) is 3.42. The second-order valence-corrected chi connectivity index (χ2v) is 9.20. The third kappa shape index (κ3) is 4.24. The number of piperazine rings is 1. The molecular weight excluding hydrogens is 428 g/mol. The van der Waals surface area contributed by atoms with Gasteiger partial charge in [0.25, 0.3) is 0 Å². The number of carbonyl (C=O) groups is 1. The van der Waals surface area contributed by atoms with Crippen LogP contribution in [0.15, 0.2) is 40.3 Å². The molecular formula is C19H21BrN4O2S. The van der Waals surface area contributed by atoms with Crippen molar-refractivity contribution in [2.75, 3.05) is 33.3 Å². The van der Waals surface area contributed by atoms with E-state index < -0.39 is 0 Å². The normalized spacial score (nSPS) is 16.1. The van der Waals surface area contributed by atoms with Gasteiger partial charge >= 0.3 is 5.97 Å². The Labute approximate surface area is 170 Å². The van der Waals surface area contributed by atoms with E-state index >= 15 is 0 Å². The maximum Gasteiger partial charge on any atom is 0.337 e. The van der Waals surface area contributed by atoms with E-state index in [1.807, 2.05) is 23.0 Å². The molecule has 8 heteroatoms. The molecule has 1 aliphatic heterocycles. The lowest BCUT2D eigenvalue weighted by atomic mass is 10.1. The highest BCUT2D eigenvalue weighted by atomic mass is 79.9. The molecule has 27 heavy (non-hydrogen) atoms. The Hall–Kier alpha value is -1.74. The fourth-order valence-corrected chi connectivity index (χ4v) is 4.91. The topological polar surface area (TPSA) is 50.6 Å². The maximum absolute atomic E-state index is 11.7. The monoisotopic (exact) mass is 448 g/mol. The van der Waals surface area contributed by atoms with Crippen molar-refractivity contribution in [2.24, 2.45) is 0 Å². The van der Waals surface area contributed by atoms with Crippen molar-refractivity contribution in [1.29, 1.82) is 0 Å². The number of nitrogens with zero attached hydrogens (tertiary/aromatic N) is 4. The summed E-state index contributed by atoms with van der Waals surface area (Å²) in [5.74, 6) is -0.321. The van der Waals surface area contributed by atoms with E-state index in [0.717, 1.165) is 50.3 Å². The van der Waals surface area contributed by atoms with Crippen molar-refractivity contribution < 1.29 is 9.53 Å². The first-order valence-electron chi connectivity index (χ1n) is 8.85. The van der Waals surface area contributed by atoms with Crippen LogP contribution in [0.2, 0.25) is 0 Å². The molecule has 0 saturated carbocycles. The molecule has 1 fully saturated rings. The van der Waals surface area contributed by atoms with Gasteiger partial charge in [-0.3, -0.25) is 14.5 Å². The first-order valence-corrected chi connectivity index (χ1v) is 10.5. The number of fused-ring (bicyclic) bond motifs is 1.